The molecule has 1 aliphatic carbocycles. The van der Waals surface area contributed by atoms with Crippen molar-refractivity contribution < 1.29 is 17.9 Å². The van der Waals surface area contributed by atoms with Gasteiger partial charge in [-0.1, -0.05) is 54.6 Å². The first-order valence-electron chi connectivity index (χ1n) is 8.06. The van der Waals surface area contributed by atoms with Gasteiger partial charge in [0.25, 0.3) is 5.91 Å². The standard InChI is InChI=1S/C19H21NO4S/c1-24-17(13-8-4-3-5-9-13)19(21)20-16-12-14-10-6-7-11-15(14)18(16)25(2,22)23/h3-11,16-18H,12H2,1-2H3,(H,20,21)/t16-,17-,18-/m1/s1. The van der Waals surface area contributed by atoms with Gasteiger partial charge in [0, 0.05) is 13.4 Å². The van der Waals surface area contributed by atoms with E-state index in [1.165, 1.54) is 13.4 Å². The maximum absolute atomic E-state index is 12.7. The van der Waals surface area contributed by atoms with Gasteiger partial charge in [-0.05, 0) is 23.1 Å². The minimum absolute atomic E-state index is 0.333. The van der Waals surface area contributed by atoms with Crippen molar-refractivity contribution in [2.24, 2.45) is 0 Å². The normalized spacial score (nSPS) is 20.7. The van der Waals surface area contributed by atoms with Crippen molar-refractivity contribution in [2.45, 2.75) is 23.8 Å². The van der Waals surface area contributed by atoms with E-state index < -0.39 is 27.2 Å². The second kappa shape index (κ2) is 6.98. The van der Waals surface area contributed by atoms with Crippen molar-refractivity contribution in [1.82, 2.24) is 5.32 Å². The van der Waals surface area contributed by atoms with Gasteiger partial charge in [-0.3, -0.25) is 4.79 Å². The molecule has 6 heteroatoms. The third kappa shape index (κ3) is 3.60. The summed E-state index contributed by atoms with van der Waals surface area (Å²) in [6.45, 7) is 0. The number of ether oxygens (including phenoxy) is 1. The Morgan fingerprint density at radius 3 is 2.40 bits per heavy atom. The average Bonchev–Trinajstić information content (AvgIpc) is 2.94. The summed E-state index contributed by atoms with van der Waals surface area (Å²) in [6, 6.07) is 16.1. The van der Waals surface area contributed by atoms with E-state index >= 15 is 0 Å². The van der Waals surface area contributed by atoms with Crippen LogP contribution < -0.4 is 5.32 Å². The number of nitrogens with one attached hydrogen (secondary N) is 1. The van der Waals surface area contributed by atoms with Crippen molar-refractivity contribution in [3.63, 3.8) is 0 Å². The molecule has 0 radical (unpaired) electrons. The molecule has 1 aliphatic rings. The molecule has 0 aliphatic heterocycles. The van der Waals surface area contributed by atoms with Crippen molar-refractivity contribution in [3.8, 4) is 0 Å². The van der Waals surface area contributed by atoms with Crippen LogP contribution in [0.3, 0.4) is 0 Å². The lowest BCUT2D eigenvalue weighted by Crippen LogP contribution is -2.42. The van der Waals surface area contributed by atoms with E-state index in [0.29, 0.717) is 6.42 Å². The van der Waals surface area contributed by atoms with E-state index in [-0.39, 0.29) is 5.91 Å². The first kappa shape index (κ1) is 17.6. The fourth-order valence-corrected chi connectivity index (χ4v) is 4.95. The van der Waals surface area contributed by atoms with Crippen LogP contribution in [0.5, 0.6) is 0 Å². The molecule has 132 valence electrons. The molecule has 1 amide bonds. The summed E-state index contributed by atoms with van der Waals surface area (Å²) in [5, 5.41) is 2.15. The van der Waals surface area contributed by atoms with Gasteiger partial charge in [0.05, 0.1) is 6.04 Å². The molecule has 0 saturated heterocycles. The maximum Gasteiger partial charge on any atom is 0.254 e. The van der Waals surface area contributed by atoms with E-state index in [1.807, 2.05) is 54.6 Å². The highest BCUT2D eigenvalue weighted by Crippen LogP contribution is 2.37. The van der Waals surface area contributed by atoms with Crippen LogP contribution in [-0.4, -0.2) is 33.7 Å². The van der Waals surface area contributed by atoms with Crippen LogP contribution in [0.2, 0.25) is 0 Å². The molecule has 0 bridgehead atoms. The Morgan fingerprint density at radius 2 is 1.76 bits per heavy atom. The molecular weight excluding hydrogens is 338 g/mol. The molecule has 2 aromatic carbocycles. The minimum atomic E-state index is -3.36. The summed E-state index contributed by atoms with van der Waals surface area (Å²) in [6.07, 6.45) is 0.930. The number of hydrogen-bond acceptors (Lipinski definition) is 4. The van der Waals surface area contributed by atoms with Crippen molar-refractivity contribution in [2.75, 3.05) is 13.4 Å². The summed E-state index contributed by atoms with van der Waals surface area (Å²) in [5.74, 6) is -0.333. The molecule has 0 heterocycles. The Morgan fingerprint density at radius 1 is 1.12 bits per heavy atom. The molecule has 2 aromatic rings. The Kier molecular flexibility index (Phi) is 4.92. The molecule has 1 N–H and O–H groups in total. The number of carbonyl (C=O) groups excluding carboxylic acids is 1. The number of methoxy groups -OCH3 is 1. The maximum atomic E-state index is 12.7. The summed E-state index contributed by atoms with van der Waals surface area (Å²) in [7, 11) is -1.90. The molecule has 5 nitrogen and oxygen atoms in total. The van der Waals surface area contributed by atoms with E-state index in [0.717, 1.165) is 16.7 Å². The quantitative estimate of drug-likeness (QED) is 0.888. The largest absolute Gasteiger partial charge is 0.367 e. The molecule has 0 spiro atoms. The molecular formula is C19H21NO4S. The highest BCUT2D eigenvalue weighted by atomic mass is 32.2. The van der Waals surface area contributed by atoms with Gasteiger partial charge in [0.15, 0.2) is 15.9 Å². The average molecular weight is 359 g/mol. The first-order valence-corrected chi connectivity index (χ1v) is 10.0. The molecule has 0 fully saturated rings. The lowest BCUT2D eigenvalue weighted by Gasteiger charge is -2.23. The number of benzene rings is 2. The Hall–Kier alpha value is -2.18. The third-order valence-corrected chi connectivity index (χ3v) is 6.04. The molecule has 0 unspecified atom stereocenters. The van der Waals surface area contributed by atoms with Gasteiger partial charge >= 0.3 is 0 Å². The smallest absolute Gasteiger partial charge is 0.254 e. The van der Waals surface area contributed by atoms with Crippen LogP contribution >= 0.6 is 0 Å². The summed E-state index contributed by atoms with van der Waals surface area (Å²) in [5.41, 5.74) is 2.45. The van der Waals surface area contributed by atoms with Crippen LogP contribution in [0.25, 0.3) is 0 Å². The molecule has 3 rings (SSSR count). The van der Waals surface area contributed by atoms with Gasteiger partial charge in [0.2, 0.25) is 0 Å². The monoisotopic (exact) mass is 359 g/mol. The van der Waals surface area contributed by atoms with Crippen LogP contribution in [-0.2, 0) is 25.8 Å². The number of fused-ring (bicyclic) bond motifs is 1. The van der Waals surface area contributed by atoms with Crippen LogP contribution in [0.15, 0.2) is 54.6 Å². The third-order valence-electron chi connectivity index (χ3n) is 4.53. The van der Waals surface area contributed by atoms with Gasteiger partial charge < -0.3 is 10.1 Å². The van der Waals surface area contributed by atoms with Crippen LogP contribution in [0.1, 0.15) is 28.0 Å². The van der Waals surface area contributed by atoms with E-state index in [2.05, 4.69) is 5.32 Å². The summed E-state index contributed by atoms with van der Waals surface area (Å²) >= 11 is 0. The molecule has 0 saturated carbocycles. The lowest BCUT2D eigenvalue weighted by atomic mass is 10.1. The number of rotatable bonds is 5. The van der Waals surface area contributed by atoms with Crippen LogP contribution in [0.4, 0.5) is 0 Å². The predicted octanol–water partition coefficient (Wildman–Crippen LogP) is 2.20. The number of carbonyl (C=O) groups is 1. The van der Waals surface area contributed by atoms with Gasteiger partial charge in [-0.15, -0.1) is 0 Å². The zero-order valence-electron chi connectivity index (χ0n) is 14.2. The van der Waals surface area contributed by atoms with Crippen molar-refractivity contribution in [3.05, 3.63) is 71.3 Å². The van der Waals surface area contributed by atoms with E-state index in [4.69, 9.17) is 4.74 Å². The van der Waals surface area contributed by atoms with Gasteiger partial charge in [0.1, 0.15) is 5.25 Å². The fraction of sp³-hybridized carbons (Fsp3) is 0.316. The molecule has 25 heavy (non-hydrogen) atoms. The topological polar surface area (TPSA) is 72.5 Å². The Balaban J connectivity index is 1.86. The van der Waals surface area contributed by atoms with Crippen molar-refractivity contribution in [1.29, 1.82) is 0 Å². The first-order chi connectivity index (χ1) is 11.9. The Bertz CT molecular complexity index is 864. The van der Waals surface area contributed by atoms with E-state index in [1.54, 1.807) is 0 Å². The fourth-order valence-electron chi connectivity index (χ4n) is 3.49. The second-order valence-electron chi connectivity index (χ2n) is 6.29. The highest BCUT2D eigenvalue weighted by molar-refractivity contribution is 7.91. The van der Waals surface area contributed by atoms with Crippen LogP contribution in [0, 0.1) is 0 Å². The number of amides is 1. The zero-order chi connectivity index (χ0) is 18.0. The molecule has 3 atom stereocenters. The second-order valence-corrected chi connectivity index (χ2v) is 8.46. The van der Waals surface area contributed by atoms with Crippen molar-refractivity contribution >= 4 is 15.7 Å². The van der Waals surface area contributed by atoms with Gasteiger partial charge in [-0.25, -0.2) is 8.42 Å². The van der Waals surface area contributed by atoms with E-state index in [9.17, 15) is 13.2 Å². The zero-order valence-corrected chi connectivity index (χ0v) is 15.0. The molecule has 0 aromatic heterocycles. The summed E-state index contributed by atoms with van der Waals surface area (Å²) in [4.78, 5) is 12.7. The minimum Gasteiger partial charge on any atom is -0.367 e. The lowest BCUT2D eigenvalue weighted by molar-refractivity contribution is -0.132. The predicted molar refractivity (Wildman–Crippen MR) is 95.9 cm³/mol. The number of hydrogen-bond donors (Lipinski definition) is 1. The summed E-state index contributed by atoms with van der Waals surface area (Å²) < 4.78 is 30.0. The number of sulfone groups is 1. The SMILES string of the molecule is CO[C@@H](C(=O)N[C@@H]1Cc2ccccc2[C@H]1S(C)(=O)=O)c1ccccc1. The van der Waals surface area contributed by atoms with Gasteiger partial charge in [-0.2, -0.15) is 0 Å². The highest BCUT2D eigenvalue weighted by Gasteiger charge is 2.40. The Labute approximate surface area is 147 Å².